The maximum Gasteiger partial charge on any atom is 0.265 e. The Morgan fingerprint density at radius 2 is 1.81 bits per heavy atom. The Bertz CT molecular complexity index is 1010. The fourth-order valence-corrected chi connectivity index (χ4v) is 4.47. The second kappa shape index (κ2) is 11.4. The van der Waals surface area contributed by atoms with Gasteiger partial charge in [-0.3, -0.25) is 9.69 Å². The number of nitrogens with zero attached hydrogens (tertiary/aromatic N) is 1. The van der Waals surface area contributed by atoms with Crippen molar-refractivity contribution >= 4 is 40.3 Å². The molecule has 0 bridgehead atoms. The van der Waals surface area contributed by atoms with Crippen LogP contribution in [-0.2, 0) is 4.79 Å². The molecule has 0 aromatic heterocycles. The van der Waals surface area contributed by atoms with E-state index in [-0.39, 0.29) is 5.91 Å². The van der Waals surface area contributed by atoms with E-state index in [0.29, 0.717) is 46.3 Å². The minimum atomic E-state index is -0.109. The fourth-order valence-electron chi connectivity index (χ4n) is 3.30. The summed E-state index contributed by atoms with van der Waals surface area (Å²) < 4.78 is 18.1. The van der Waals surface area contributed by atoms with E-state index in [4.69, 9.17) is 26.4 Å². The molecule has 2 aromatic rings. The molecule has 2 aromatic carbocycles. The standard InChI is InChI=1S/C25H29NO4S2/c1-5-17(2)19-11-6-7-12-20(19)29-14-9-15-30-23-18(10-8-13-21(23)28-4)16-22-24(27)26(3)25(31)32-22/h6-8,10-13,16-17H,5,9,14-15H2,1-4H3/b22-16-. The molecule has 0 spiro atoms. The number of amides is 1. The van der Waals surface area contributed by atoms with Gasteiger partial charge < -0.3 is 14.2 Å². The minimum absolute atomic E-state index is 0.109. The molecule has 1 aliphatic heterocycles. The minimum Gasteiger partial charge on any atom is -0.493 e. The summed E-state index contributed by atoms with van der Waals surface area (Å²) in [6, 6.07) is 13.8. The third-order valence-electron chi connectivity index (χ3n) is 5.36. The van der Waals surface area contributed by atoms with E-state index in [2.05, 4.69) is 19.9 Å². The predicted molar refractivity (Wildman–Crippen MR) is 135 cm³/mol. The third kappa shape index (κ3) is 5.64. The molecule has 1 amide bonds. The smallest absolute Gasteiger partial charge is 0.265 e. The van der Waals surface area contributed by atoms with Crippen LogP contribution in [0.4, 0.5) is 0 Å². The molecular weight excluding hydrogens is 442 g/mol. The maximum absolute atomic E-state index is 12.4. The van der Waals surface area contributed by atoms with E-state index in [1.165, 1.54) is 22.2 Å². The molecule has 1 saturated heterocycles. The normalized spacial score (nSPS) is 15.9. The van der Waals surface area contributed by atoms with Crippen molar-refractivity contribution in [1.29, 1.82) is 0 Å². The van der Waals surface area contributed by atoms with Gasteiger partial charge in [0.05, 0.1) is 25.2 Å². The van der Waals surface area contributed by atoms with E-state index in [1.807, 2.05) is 36.4 Å². The quantitative estimate of drug-likeness (QED) is 0.245. The van der Waals surface area contributed by atoms with Gasteiger partial charge >= 0.3 is 0 Å². The Balaban J connectivity index is 1.65. The van der Waals surface area contributed by atoms with Gasteiger partial charge in [-0.25, -0.2) is 0 Å². The van der Waals surface area contributed by atoms with Crippen molar-refractivity contribution in [3.05, 3.63) is 58.5 Å². The molecule has 1 atom stereocenters. The summed E-state index contributed by atoms with van der Waals surface area (Å²) in [7, 11) is 3.29. The largest absolute Gasteiger partial charge is 0.493 e. The van der Waals surface area contributed by atoms with Crippen LogP contribution in [0.1, 0.15) is 43.7 Å². The van der Waals surface area contributed by atoms with Gasteiger partial charge in [-0.15, -0.1) is 0 Å². The number of likely N-dealkylation sites (N-methyl/N-ethyl adjacent to an activating group) is 1. The monoisotopic (exact) mass is 471 g/mol. The summed E-state index contributed by atoms with van der Waals surface area (Å²) in [6.07, 6.45) is 3.58. The number of hydrogen-bond donors (Lipinski definition) is 0. The van der Waals surface area contributed by atoms with Crippen LogP contribution in [0, 0.1) is 0 Å². The lowest BCUT2D eigenvalue weighted by molar-refractivity contribution is -0.121. The summed E-state index contributed by atoms with van der Waals surface area (Å²) in [4.78, 5) is 14.4. The predicted octanol–water partition coefficient (Wildman–Crippen LogP) is 5.89. The molecular formula is C25H29NO4S2. The summed E-state index contributed by atoms with van der Waals surface area (Å²) in [5, 5.41) is 0. The molecule has 1 heterocycles. The zero-order valence-corrected chi connectivity index (χ0v) is 20.6. The highest BCUT2D eigenvalue weighted by atomic mass is 32.2. The van der Waals surface area contributed by atoms with E-state index >= 15 is 0 Å². The van der Waals surface area contributed by atoms with Crippen LogP contribution in [0.15, 0.2) is 47.4 Å². The Hall–Kier alpha value is -2.51. The second-order valence-corrected chi connectivity index (χ2v) is 9.19. The van der Waals surface area contributed by atoms with Crippen LogP contribution in [0.3, 0.4) is 0 Å². The maximum atomic E-state index is 12.4. The first kappa shape index (κ1) is 24.1. The van der Waals surface area contributed by atoms with Crippen LogP contribution in [0.5, 0.6) is 17.2 Å². The molecule has 0 saturated carbocycles. The number of carbonyl (C=O) groups is 1. The van der Waals surface area contributed by atoms with Crippen LogP contribution >= 0.6 is 24.0 Å². The highest BCUT2D eigenvalue weighted by molar-refractivity contribution is 8.26. The van der Waals surface area contributed by atoms with Crippen LogP contribution < -0.4 is 14.2 Å². The Labute approximate surface area is 199 Å². The molecule has 0 radical (unpaired) electrons. The number of benzene rings is 2. The molecule has 1 unspecified atom stereocenters. The first-order chi connectivity index (χ1) is 15.5. The van der Waals surface area contributed by atoms with Crippen molar-refractivity contribution in [3.8, 4) is 17.2 Å². The van der Waals surface area contributed by atoms with E-state index in [1.54, 1.807) is 20.2 Å². The number of hydrogen-bond acceptors (Lipinski definition) is 6. The average molecular weight is 472 g/mol. The summed E-state index contributed by atoms with van der Waals surface area (Å²) in [5.41, 5.74) is 2.01. The number of rotatable bonds is 10. The van der Waals surface area contributed by atoms with E-state index in [0.717, 1.165) is 17.7 Å². The highest BCUT2D eigenvalue weighted by Crippen LogP contribution is 2.37. The van der Waals surface area contributed by atoms with Gasteiger partial charge in [0.1, 0.15) is 10.1 Å². The van der Waals surface area contributed by atoms with Gasteiger partial charge in [0, 0.05) is 19.0 Å². The number of methoxy groups -OCH3 is 1. The Kier molecular flexibility index (Phi) is 8.59. The van der Waals surface area contributed by atoms with E-state index < -0.39 is 0 Å². The highest BCUT2D eigenvalue weighted by Gasteiger charge is 2.29. The number of para-hydroxylation sites is 2. The summed E-state index contributed by atoms with van der Waals surface area (Å²) in [6.45, 7) is 5.40. The Morgan fingerprint density at radius 3 is 2.50 bits per heavy atom. The number of thioether (sulfide) groups is 1. The third-order valence-corrected chi connectivity index (χ3v) is 6.84. The van der Waals surface area contributed by atoms with Crippen LogP contribution in [-0.4, -0.2) is 42.5 Å². The number of ether oxygens (including phenoxy) is 3. The molecule has 3 rings (SSSR count). The number of carbonyl (C=O) groups excluding carboxylic acids is 1. The first-order valence-electron chi connectivity index (χ1n) is 10.7. The van der Waals surface area contributed by atoms with Crippen molar-refractivity contribution in [2.75, 3.05) is 27.4 Å². The van der Waals surface area contributed by atoms with Crippen molar-refractivity contribution in [1.82, 2.24) is 4.90 Å². The second-order valence-electron chi connectivity index (χ2n) is 7.52. The topological polar surface area (TPSA) is 48.0 Å². The van der Waals surface area contributed by atoms with Crippen LogP contribution in [0.2, 0.25) is 0 Å². The molecule has 1 fully saturated rings. The summed E-state index contributed by atoms with van der Waals surface area (Å²) in [5.74, 6) is 2.50. The molecule has 32 heavy (non-hydrogen) atoms. The van der Waals surface area contributed by atoms with Crippen molar-refractivity contribution in [2.45, 2.75) is 32.6 Å². The number of thiocarbonyl (C=S) groups is 1. The lowest BCUT2D eigenvalue weighted by Crippen LogP contribution is -2.22. The Morgan fingerprint density at radius 1 is 1.09 bits per heavy atom. The molecule has 0 aliphatic carbocycles. The first-order valence-corrected chi connectivity index (χ1v) is 11.9. The van der Waals surface area contributed by atoms with Gasteiger partial charge in [-0.2, -0.15) is 0 Å². The van der Waals surface area contributed by atoms with Gasteiger partial charge in [0.15, 0.2) is 11.5 Å². The van der Waals surface area contributed by atoms with Gasteiger partial charge in [-0.1, -0.05) is 68.2 Å². The molecule has 1 aliphatic rings. The zero-order chi connectivity index (χ0) is 23.1. The van der Waals surface area contributed by atoms with Gasteiger partial charge in [0.25, 0.3) is 5.91 Å². The van der Waals surface area contributed by atoms with Gasteiger partial charge in [0.2, 0.25) is 0 Å². The molecule has 7 heteroatoms. The molecule has 170 valence electrons. The summed E-state index contributed by atoms with van der Waals surface area (Å²) >= 11 is 6.51. The zero-order valence-electron chi connectivity index (χ0n) is 18.9. The van der Waals surface area contributed by atoms with E-state index in [9.17, 15) is 4.79 Å². The van der Waals surface area contributed by atoms with Crippen molar-refractivity contribution in [2.24, 2.45) is 0 Å². The fraction of sp³-hybridized carbons (Fsp3) is 0.360. The average Bonchev–Trinajstić information content (AvgIpc) is 3.05. The molecule has 0 N–H and O–H groups in total. The van der Waals surface area contributed by atoms with Crippen LogP contribution in [0.25, 0.3) is 6.08 Å². The SMILES string of the molecule is CCC(C)c1ccccc1OCCCOc1c(/C=C2\SC(=S)N(C)C2=O)cccc1OC. The lowest BCUT2D eigenvalue weighted by Gasteiger charge is -2.16. The van der Waals surface area contributed by atoms with Gasteiger partial charge in [-0.05, 0) is 36.1 Å². The lowest BCUT2D eigenvalue weighted by atomic mass is 9.98. The van der Waals surface area contributed by atoms with Crippen molar-refractivity contribution < 1.29 is 19.0 Å². The molecule has 5 nitrogen and oxygen atoms in total. The van der Waals surface area contributed by atoms with Crippen molar-refractivity contribution in [3.63, 3.8) is 0 Å².